The molecule has 3 rings (SSSR count). The van der Waals surface area contributed by atoms with Crippen LogP contribution in [-0.4, -0.2) is 36.2 Å². The molecule has 1 aromatic carbocycles. The predicted molar refractivity (Wildman–Crippen MR) is 81.3 cm³/mol. The summed E-state index contributed by atoms with van der Waals surface area (Å²) in [7, 11) is 1.44. The quantitative estimate of drug-likeness (QED) is 0.785. The fourth-order valence-electron chi connectivity index (χ4n) is 2.62. The Labute approximate surface area is 123 Å². The van der Waals surface area contributed by atoms with Gasteiger partial charge in [0.05, 0.1) is 19.2 Å². The Morgan fingerprint density at radius 3 is 2.90 bits per heavy atom. The zero-order valence-electron chi connectivity index (χ0n) is 11.5. The lowest BCUT2D eigenvalue weighted by Crippen LogP contribution is -2.27. The summed E-state index contributed by atoms with van der Waals surface area (Å²) >= 11 is 1.69. The first-order valence-corrected chi connectivity index (χ1v) is 7.82. The molecule has 2 aliphatic heterocycles. The van der Waals surface area contributed by atoms with Crippen LogP contribution in [0.2, 0.25) is 0 Å². The first-order valence-electron chi connectivity index (χ1n) is 6.94. The number of benzene rings is 1. The highest BCUT2D eigenvalue weighted by molar-refractivity contribution is 8.14. The van der Waals surface area contributed by atoms with E-state index in [0.717, 1.165) is 29.5 Å². The lowest BCUT2D eigenvalue weighted by molar-refractivity contribution is -0.140. The van der Waals surface area contributed by atoms with E-state index in [9.17, 15) is 4.79 Å². The summed E-state index contributed by atoms with van der Waals surface area (Å²) < 4.78 is 4.82. The van der Waals surface area contributed by atoms with Gasteiger partial charge in [-0.15, -0.1) is 0 Å². The molecule has 0 aliphatic carbocycles. The molecule has 1 fully saturated rings. The first-order chi connectivity index (χ1) is 9.78. The van der Waals surface area contributed by atoms with E-state index in [4.69, 9.17) is 9.73 Å². The number of likely N-dealkylation sites (tertiary alicyclic amines) is 1. The molecule has 1 unspecified atom stereocenters. The predicted octanol–water partition coefficient (Wildman–Crippen LogP) is 3.12. The van der Waals surface area contributed by atoms with Gasteiger partial charge in [-0.05, 0) is 24.5 Å². The molecule has 0 radical (unpaired) electrons. The number of amidine groups is 1. The van der Waals surface area contributed by atoms with Crippen molar-refractivity contribution in [1.29, 1.82) is 0 Å². The van der Waals surface area contributed by atoms with Crippen molar-refractivity contribution in [2.45, 2.75) is 24.5 Å². The summed E-state index contributed by atoms with van der Waals surface area (Å²) in [5.41, 5.74) is 2.12. The van der Waals surface area contributed by atoms with Gasteiger partial charge in [0.25, 0.3) is 0 Å². The van der Waals surface area contributed by atoms with Gasteiger partial charge in [-0.2, -0.15) is 0 Å². The maximum Gasteiger partial charge on any atom is 0.306 e. The van der Waals surface area contributed by atoms with Crippen LogP contribution in [0.5, 0.6) is 0 Å². The second-order valence-electron chi connectivity index (χ2n) is 5.03. The summed E-state index contributed by atoms with van der Waals surface area (Å²) in [4.78, 5) is 18.7. The van der Waals surface area contributed by atoms with Crippen LogP contribution < -0.4 is 0 Å². The Morgan fingerprint density at radius 2 is 2.15 bits per heavy atom. The molecule has 1 atom stereocenters. The van der Waals surface area contributed by atoms with Crippen LogP contribution in [0.3, 0.4) is 0 Å². The zero-order valence-corrected chi connectivity index (χ0v) is 12.4. The fourth-order valence-corrected chi connectivity index (χ4v) is 3.90. The van der Waals surface area contributed by atoms with Gasteiger partial charge in [0.2, 0.25) is 0 Å². The molecule has 4 nitrogen and oxygen atoms in total. The lowest BCUT2D eigenvalue weighted by atomic mass is 10.1. The Balaban J connectivity index is 1.89. The summed E-state index contributed by atoms with van der Waals surface area (Å²) in [5, 5.41) is 1.15. The number of rotatable bonds is 2. The van der Waals surface area contributed by atoms with Gasteiger partial charge in [0.15, 0.2) is 5.17 Å². The molecular weight excluding hydrogens is 272 g/mol. The number of hydrogen-bond donors (Lipinski definition) is 0. The number of esters is 1. The van der Waals surface area contributed by atoms with Gasteiger partial charge >= 0.3 is 5.97 Å². The molecule has 0 spiro atoms. The average Bonchev–Trinajstić information content (AvgIpc) is 3.01. The van der Waals surface area contributed by atoms with Gasteiger partial charge in [0.1, 0.15) is 0 Å². The van der Waals surface area contributed by atoms with E-state index in [1.807, 2.05) is 18.2 Å². The highest BCUT2D eigenvalue weighted by Crippen LogP contribution is 2.44. The van der Waals surface area contributed by atoms with Crippen molar-refractivity contribution in [3.05, 3.63) is 29.8 Å². The van der Waals surface area contributed by atoms with E-state index in [-0.39, 0.29) is 11.2 Å². The minimum atomic E-state index is -0.167. The molecule has 2 aliphatic rings. The smallest absolute Gasteiger partial charge is 0.306 e. The van der Waals surface area contributed by atoms with Crippen molar-refractivity contribution in [3.8, 4) is 0 Å². The third-order valence-corrected chi connectivity index (χ3v) is 4.97. The van der Waals surface area contributed by atoms with E-state index >= 15 is 0 Å². The second kappa shape index (κ2) is 5.87. The van der Waals surface area contributed by atoms with Gasteiger partial charge < -0.3 is 9.64 Å². The number of ether oxygens (including phenoxy) is 1. The number of para-hydroxylation sites is 1. The molecule has 106 valence electrons. The SMILES string of the molecule is COC(=O)CC1SC(N2CCCC2)=Nc2ccccc21. The summed E-state index contributed by atoms with van der Waals surface area (Å²) in [6.07, 6.45) is 2.84. The Kier molecular flexibility index (Phi) is 3.96. The summed E-state index contributed by atoms with van der Waals surface area (Å²) in [6.45, 7) is 2.14. The molecule has 20 heavy (non-hydrogen) atoms. The van der Waals surface area contributed by atoms with Crippen molar-refractivity contribution in [2.24, 2.45) is 4.99 Å². The second-order valence-corrected chi connectivity index (χ2v) is 6.20. The highest BCUT2D eigenvalue weighted by Gasteiger charge is 2.29. The van der Waals surface area contributed by atoms with Crippen LogP contribution in [0, 0.1) is 0 Å². The van der Waals surface area contributed by atoms with Gasteiger partial charge in [-0.1, -0.05) is 30.0 Å². The van der Waals surface area contributed by atoms with Crippen LogP contribution in [0.15, 0.2) is 29.3 Å². The minimum Gasteiger partial charge on any atom is -0.469 e. The number of aliphatic imine (C=N–C) groups is 1. The Hall–Kier alpha value is -1.49. The summed E-state index contributed by atoms with van der Waals surface area (Å²) in [5.74, 6) is -0.167. The largest absolute Gasteiger partial charge is 0.469 e. The van der Waals surface area contributed by atoms with Crippen LogP contribution >= 0.6 is 11.8 Å². The van der Waals surface area contributed by atoms with E-state index in [1.54, 1.807) is 11.8 Å². The summed E-state index contributed by atoms with van der Waals surface area (Å²) in [6, 6.07) is 8.07. The number of carbonyl (C=O) groups is 1. The van der Waals surface area contributed by atoms with Crippen molar-refractivity contribution in [3.63, 3.8) is 0 Å². The third-order valence-electron chi connectivity index (χ3n) is 3.70. The van der Waals surface area contributed by atoms with Gasteiger partial charge in [0, 0.05) is 18.3 Å². The molecule has 0 bridgehead atoms. The Morgan fingerprint density at radius 1 is 1.40 bits per heavy atom. The van der Waals surface area contributed by atoms with E-state index in [0.29, 0.717) is 6.42 Å². The molecule has 5 heteroatoms. The molecule has 0 N–H and O–H groups in total. The molecular formula is C15H18N2O2S. The normalized spacial score (nSPS) is 21.4. The van der Waals surface area contributed by atoms with E-state index in [2.05, 4.69) is 11.0 Å². The van der Waals surface area contributed by atoms with Crippen LogP contribution in [0.25, 0.3) is 0 Å². The molecule has 1 saturated heterocycles. The van der Waals surface area contributed by atoms with Crippen molar-refractivity contribution < 1.29 is 9.53 Å². The first kappa shape index (κ1) is 13.5. The third kappa shape index (κ3) is 2.68. The van der Waals surface area contributed by atoms with Crippen LogP contribution in [-0.2, 0) is 9.53 Å². The maximum atomic E-state index is 11.6. The average molecular weight is 290 g/mol. The molecule has 0 amide bonds. The number of fused-ring (bicyclic) bond motifs is 1. The molecule has 0 aromatic heterocycles. The van der Waals surface area contributed by atoms with Crippen LogP contribution in [0.1, 0.15) is 30.1 Å². The highest BCUT2D eigenvalue weighted by atomic mass is 32.2. The fraction of sp³-hybridized carbons (Fsp3) is 0.467. The van der Waals surface area contributed by atoms with Gasteiger partial charge in [-0.3, -0.25) is 4.79 Å². The molecule has 0 saturated carbocycles. The number of methoxy groups -OCH3 is 1. The maximum absolute atomic E-state index is 11.6. The van der Waals surface area contributed by atoms with E-state index in [1.165, 1.54) is 20.0 Å². The molecule has 2 heterocycles. The number of thioether (sulfide) groups is 1. The molecule has 1 aromatic rings. The number of carbonyl (C=O) groups excluding carboxylic acids is 1. The topological polar surface area (TPSA) is 41.9 Å². The number of nitrogens with zero attached hydrogens (tertiary/aromatic N) is 2. The zero-order chi connectivity index (χ0) is 13.9. The van der Waals surface area contributed by atoms with Crippen molar-refractivity contribution in [1.82, 2.24) is 4.90 Å². The van der Waals surface area contributed by atoms with Crippen molar-refractivity contribution in [2.75, 3.05) is 20.2 Å². The minimum absolute atomic E-state index is 0.103. The monoisotopic (exact) mass is 290 g/mol. The Bertz CT molecular complexity index is 538. The lowest BCUT2D eigenvalue weighted by Gasteiger charge is -2.28. The van der Waals surface area contributed by atoms with Gasteiger partial charge in [-0.25, -0.2) is 4.99 Å². The standard InChI is InChI=1S/C15H18N2O2S/c1-19-14(18)10-13-11-6-2-3-7-12(11)16-15(20-13)17-8-4-5-9-17/h2-3,6-7,13H,4-5,8-10H2,1H3. The van der Waals surface area contributed by atoms with Crippen molar-refractivity contribution >= 4 is 28.6 Å². The number of hydrogen-bond acceptors (Lipinski definition) is 5. The van der Waals surface area contributed by atoms with E-state index < -0.39 is 0 Å². The van der Waals surface area contributed by atoms with Crippen LogP contribution in [0.4, 0.5) is 5.69 Å².